The molecule has 0 heterocycles. The Labute approximate surface area is 137 Å². The summed E-state index contributed by atoms with van der Waals surface area (Å²) in [6.07, 6.45) is 0. The van der Waals surface area contributed by atoms with Gasteiger partial charge in [0.2, 0.25) is 0 Å². The highest BCUT2D eigenvalue weighted by atomic mass is 29.6. The molecule has 0 unspecified atom stereocenters. The standard InChI is InChI=1S/C18H28OSi3/c1-20(2,3)22(21(4,5)6,17-12-8-7-9-13-17)18-14-10-11-16(19)15-18/h7-15,19H,1-6H3. The Morgan fingerprint density at radius 3 is 1.59 bits per heavy atom. The highest BCUT2D eigenvalue weighted by Crippen LogP contribution is 2.30. The molecule has 118 valence electrons. The van der Waals surface area contributed by atoms with E-state index in [1.165, 1.54) is 5.19 Å². The first-order valence-corrected chi connectivity index (χ1v) is 19.0. The van der Waals surface area contributed by atoms with E-state index in [0.717, 1.165) is 0 Å². The van der Waals surface area contributed by atoms with Gasteiger partial charge in [-0.3, -0.25) is 0 Å². The van der Waals surface area contributed by atoms with Gasteiger partial charge in [0.05, 0.1) is 0 Å². The molecule has 0 aliphatic carbocycles. The van der Waals surface area contributed by atoms with Crippen LogP contribution in [-0.2, 0) is 0 Å². The number of phenols is 1. The molecule has 0 atom stereocenters. The molecule has 2 rings (SSSR count). The van der Waals surface area contributed by atoms with Gasteiger partial charge in [0, 0.05) is 15.2 Å². The van der Waals surface area contributed by atoms with Gasteiger partial charge in [-0.2, -0.15) is 0 Å². The van der Waals surface area contributed by atoms with Gasteiger partial charge in [0.1, 0.15) is 12.9 Å². The third kappa shape index (κ3) is 2.75. The van der Waals surface area contributed by atoms with Crippen LogP contribution in [0.15, 0.2) is 54.6 Å². The van der Waals surface area contributed by atoms with Crippen molar-refractivity contribution >= 4 is 32.7 Å². The molecule has 22 heavy (non-hydrogen) atoms. The highest BCUT2D eigenvalue weighted by Gasteiger charge is 2.56. The summed E-state index contributed by atoms with van der Waals surface area (Å²) in [6.45, 7) is 15.1. The summed E-state index contributed by atoms with van der Waals surface area (Å²) in [5, 5.41) is 13.1. The largest absolute Gasteiger partial charge is 0.508 e. The molecule has 0 bridgehead atoms. The van der Waals surface area contributed by atoms with Crippen LogP contribution >= 0.6 is 0 Å². The molecule has 0 fully saturated rings. The van der Waals surface area contributed by atoms with E-state index in [2.05, 4.69) is 81.7 Å². The Kier molecular flexibility index (Phi) is 4.57. The van der Waals surface area contributed by atoms with Crippen molar-refractivity contribution in [2.75, 3.05) is 0 Å². The molecular formula is C18H28OSi3. The number of aromatic hydroxyl groups is 1. The van der Waals surface area contributed by atoms with Gasteiger partial charge in [-0.05, 0) is 12.1 Å². The van der Waals surface area contributed by atoms with Crippen molar-refractivity contribution in [1.29, 1.82) is 0 Å². The first-order chi connectivity index (χ1) is 10.1. The summed E-state index contributed by atoms with van der Waals surface area (Å²) < 4.78 is 0. The van der Waals surface area contributed by atoms with Gasteiger partial charge < -0.3 is 5.11 Å². The summed E-state index contributed by atoms with van der Waals surface area (Å²) in [4.78, 5) is 0. The minimum Gasteiger partial charge on any atom is -0.508 e. The van der Waals surface area contributed by atoms with Crippen molar-refractivity contribution in [2.24, 2.45) is 0 Å². The van der Waals surface area contributed by atoms with Gasteiger partial charge in [0.25, 0.3) is 0 Å². The Hall–Kier alpha value is -1.11. The maximum absolute atomic E-state index is 10.1. The Morgan fingerprint density at radius 1 is 0.636 bits per heavy atom. The van der Waals surface area contributed by atoms with E-state index in [1.54, 1.807) is 11.3 Å². The van der Waals surface area contributed by atoms with E-state index < -0.39 is 22.3 Å². The third-order valence-corrected chi connectivity index (χ3v) is 42.1. The fraction of sp³-hybridized carbons (Fsp3) is 0.333. The molecule has 0 spiro atoms. The lowest BCUT2D eigenvalue weighted by molar-refractivity contribution is 0.476. The zero-order valence-electron chi connectivity index (χ0n) is 14.6. The number of hydrogen-bond donors (Lipinski definition) is 1. The van der Waals surface area contributed by atoms with Gasteiger partial charge in [-0.1, -0.05) is 92.1 Å². The van der Waals surface area contributed by atoms with Crippen molar-refractivity contribution in [1.82, 2.24) is 0 Å². The molecule has 0 saturated carbocycles. The second-order valence-corrected chi connectivity index (χ2v) is 34.8. The monoisotopic (exact) mass is 344 g/mol. The molecule has 0 aromatic heterocycles. The lowest BCUT2D eigenvalue weighted by atomic mass is 10.3. The predicted octanol–water partition coefficient (Wildman–Crippen LogP) is 3.79. The molecule has 0 radical (unpaired) electrons. The van der Waals surface area contributed by atoms with Crippen molar-refractivity contribution in [3.63, 3.8) is 0 Å². The van der Waals surface area contributed by atoms with Crippen LogP contribution in [0.2, 0.25) is 39.3 Å². The Bertz CT molecular complexity index is 625. The zero-order chi connectivity index (χ0) is 16.6. The molecule has 0 saturated heterocycles. The topological polar surface area (TPSA) is 20.2 Å². The van der Waals surface area contributed by atoms with Crippen LogP contribution in [0.1, 0.15) is 0 Å². The minimum absolute atomic E-state index is 0.404. The lowest BCUT2D eigenvalue weighted by Gasteiger charge is -2.51. The minimum atomic E-state index is -1.86. The van der Waals surface area contributed by atoms with Crippen LogP contribution in [-0.4, -0.2) is 27.4 Å². The number of phenolic OH excluding ortho intramolecular Hbond substituents is 1. The maximum Gasteiger partial charge on any atom is 0.115 e. The SMILES string of the molecule is C[Si](C)(C)[Si](c1ccccc1)(c1cccc(O)c1)[Si](C)(C)C. The predicted molar refractivity (Wildman–Crippen MR) is 106 cm³/mol. The fourth-order valence-electron chi connectivity index (χ4n) is 4.45. The van der Waals surface area contributed by atoms with Crippen molar-refractivity contribution < 1.29 is 5.11 Å². The molecule has 1 nitrogen and oxygen atoms in total. The maximum atomic E-state index is 10.1. The fourth-order valence-corrected chi connectivity index (χ4v) is 51.2. The first-order valence-electron chi connectivity index (χ1n) is 7.96. The highest BCUT2D eigenvalue weighted by molar-refractivity contribution is 7.76. The average Bonchev–Trinajstić information content (AvgIpc) is 2.37. The summed E-state index contributed by atoms with van der Waals surface area (Å²) in [5.41, 5.74) is 0. The van der Waals surface area contributed by atoms with Crippen LogP contribution < -0.4 is 10.4 Å². The van der Waals surface area contributed by atoms with E-state index in [9.17, 15) is 5.11 Å². The summed E-state index contributed by atoms with van der Waals surface area (Å²) in [6, 6.07) is 19.3. The van der Waals surface area contributed by atoms with Crippen LogP contribution in [0.5, 0.6) is 5.75 Å². The van der Waals surface area contributed by atoms with Crippen LogP contribution in [0.25, 0.3) is 0 Å². The van der Waals surface area contributed by atoms with E-state index in [4.69, 9.17) is 0 Å². The van der Waals surface area contributed by atoms with Gasteiger partial charge in [-0.15, -0.1) is 0 Å². The van der Waals surface area contributed by atoms with Crippen molar-refractivity contribution in [2.45, 2.75) is 39.3 Å². The van der Waals surface area contributed by atoms with Gasteiger partial charge >= 0.3 is 0 Å². The van der Waals surface area contributed by atoms with E-state index in [-0.39, 0.29) is 0 Å². The zero-order valence-corrected chi connectivity index (χ0v) is 17.6. The summed E-state index contributed by atoms with van der Waals surface area (Å²) in [5.74, 6) is 0.404. The van der Waals surface area contributed by atoms with Crippen molar-refractivity contribution in [3.05, 3.63) is 54.6 Å². The molecule has 0 aliphatic heterocycles. The summed E-state index contributed by atoms with van der Waals surface area (Å²) >= 11 is 0. The van der Waals surface area contributed by atoms with E-state index in [1.807, 2.05) is 6.07 Å². The van der Waals surface area contributed by atoms with E-state index in [0.29, 0.717) is 5.75 Å². The second-order valence-electron chi connectivity index (χ2n) is 8.17. The lowest BCUT2D eigenvalue weighted by Crippen LogP contribution is -2.84. The second kappa shape index (κ2) is 5.83. The quantitative estimate of drug-likeness (QED) is 0.837. The van der Waals surface area contributed by atoms with Gasteiger partial charge in [-0.25, -0.2) is 0 Å². The van der Waals surface area contributed by atoms with Gasteiger partial charge in [0.15, 0.2) is 0 Å². The third-order valence-electron chi connectivity index (χ3n) is 4.74. The van der Waals surface area contributed by atoms with Crippen molar-refractivity contribution in [3.8, 4) is 5.75 Å². The number of hydrogen-bond acceptors (Lipinski definition) is 1. The molecule has 2 aromatic rings. The molecular weight excluding hydrogens is 316 g/mol. The number of benzene rings is 2. The first kappa shape index (κ1) is 17.2. The van der Waals surface area contributed by atoms with Crippen LogP contribution in [0.4, 0.5) is 0 Å². The molecule has 2 aromatic carbocycles. The Balaban J connectivity index is 2.90. The van der Waals surface area contributed by atoms with E-state index >= 15 is 0 Å². The average molecular weight is 345 g/mol. The molecule has 1 N–H and O–H groups in total. The molecule has 0 amide bonds. The smallest absolute Gasteiger partial charge is 0.115 e. The summed E-state index contributed by atoms with van der Waals surface area (Å²) in [7, 11) is -4.84. The molecule has 0 aliphatic rings. The number of rotatable bonds is 4. The normalized spacial score (nSPS) is 13.2. The molecule has 4 heteroatoms. The van der Waals surface area contributed by atoms with Crippen LogP contribution in [0, 0.1) is 0 Å². The van der Waals surface area contributed by atoms with Crippen LogP contribution in [0.3, 0.4) is 0 Å². The Morgan fingerprint density at radius 2 is 1.14 bits per heavy atom.